The molecule has 19 heavy (non-hydrogen) atoms. The summed E-state index contributed by atoms with van der Waals surface area (Å²) in [4.78, 5) is 11.6. The van der Waals surface area contributed by atoms with Crippen molar-refractivity contribution in [2.75, 3.05) is 11.9 Å². The standard InChI is InChI=1S/C14H25N3O2/c1-10(2)13-11(9-17(6)16-13)15-8-7-12(18)19-14(3,4)5/h9-10,15H,7-8H2,1-6H3. The number of aromatic nitrogens is 2. The topological polar surface area (TPSA) is 56.2 Å². The highest BCUT2D eigenvalue weighted by atomic mass is 16.6. The minimum absolute atomic E-state index is 0.185. The van der Waals surface area contributed by atoms with Gasteiger partial charge in [-0.3, -0.25) is 9.48 Å². The maximum absolute atomic E-state index is 11.6. The molecule has 0 saturated heterocycles. The number of nitrogens with one attached hydrogen (secondary N) is 1. The molecule has 0 spiro atoms. The Morgan fingerprint density at radius 2 is 2.11 bits per heavy atom. The van der Waals surface area contributed by atoms with E-state index < -0.39 is 5.60 Å². The molecule has 5 nitrogen and oxygen atoms in total. The van der Waals surface area contributed by atoms with Gasteiger partial charge in [-0.1, -0.05) is 13.8 Å². The van der Waals surface area contributed by atoms with Crippen LogP contribution in [0.15, 0.2) is 6.20 Å². The van der Waals surface area contributed by atoms with Crippen LogP contribution in [0.25, 0.3) is 0 Å². The van der Waals surface area contributed by atoms with Gasteiger partial charge >= 0.3 is 5.97 Å². The van der Waals surface area contributed by atoms with Crippen LogP contribution in [0.1, 0.15) is 52.7 Å². The van der Waals surface area contributed by atoms with Crippen molar-refractivity contribution in [2.45, 2.75) is 52.6 Å². The van der Waals surface area contributed by atoms with E-state index in [0.29, 0.717) is 18.9 Å². The summed E-state index contributed by atoms with van der Waals surface area (Å²) in [5.74, 6) is 0.167. The van der Waals surface area contributed by atoms with Crippen molar-refractivity contribution >= 4 is 11.7 Å². The summed E-state index contributed by atoms with van der Waals surface area (Å²) < 4.78 is 7.04. The van der Waals surface area contributed by atoms with Crippen LogP contribution in [-0.4, -0.2) is 27.9 Å². The zero-order valence-corrected chi connectivity index (χ0v) is 12.8. The minimum Gasteiger partial charge on any atom is -0.460 e. The molecular weight excluding hydrogens is 242 g/mol. The maximum Gasteiger partial charge on any atom is 0.308 e. The molecule has 0 aliphatic heterocycles. The van der Waals surface area contributed by atoms with E-state index in [4.69, 9.17) is 4.74 Å². The van der Waals surface area contributed by atoms with E-state index in [0.717, 1.165) is 11.4 Å². The van der Waals surface area contributed by atoms with Gasteiger partial charge in [-0.2, -0.15) is 5.10 Å². The normalized spacial score (nSPS) is 11.7. The van der Waals surface area contributed by atoms with Gasteiger partial charge in [-0.15, -0.1) is 0 Å². The number of nitrogens with zero attached hydrogens (tertiary/aromatic N) is 2. The number of esters is 1. The van der Waals surface area contributed by atoms with Crippen molar-refractivity contribution in [3.63, 3.8) is 0 Å². The molecule has 0 unspecified atom stereocenters. The van der Waals surface area contributed by atoms with Gasteiger partial charge in [-0.05, 0) is 26.7 Å². The van der Waals surface area contributed by atoms with Gasteiger partial charge < -0.3 is 10.1 Å². The number of rotatable bonds is 5. The Morgan fingerprint density at radius 3 is 2.63 bits per heavy atom. The second-order valence-corrected chi connectivity index (χ2v) is 6.02. The third-order valence-electron chi connectivity index (χ3n) is 2.47. The Labute approximate surface area is 115 Å². The van der Waals surface area contributed by atoms with Crippen LogP contribution < -0.4 is 5.32 Å². The number of hydrogen-bond donors (Lipinski definition) is 1. The summed E-state index contributed by atoms with van der Waals surface area (Å²) in [5, 5.41) is 7.65. The van der Waals surface area contributed by atoms with Crippen molar-refractivity contribution in [3.05, 3.63) is 11.9 Å². The quantitative estimate of drug-likeness (QED) is 0.833. The molecule has 0 bridgehead atoms. The molecule has 0 radical (unpaired) electrons. The first-order valence-corrected chi connectivity index (χ1v) is 6.68. The van der Waals surface area contributed by atoms with Crippen molar-refractivity contribution < 1.29 is 9.53 Å². The van der Waals surface area contributed by atoms with Gasteiger partial charge in [0, 0.05) is 19.8 Å². The number of anilines is 1. The number of aryl methyl sites for hydroxylation is 1. The van der Waals surface area contributed by atoms with Crippen molar-refractivity contribution in [1.82, 2.24) is 9.78 Å². The first-order valence-electron chi connectivity index (χ1n) is 6.68. The number of hydrogen-bond acceptors (Lipinski definition) is 4. The number of carbonyl (C=O) groups excluding carboxylic acids is 1. The summed E-state index contributed by atoms with van der Waals surface area (Å²) in [7, 11) is 1.89. The third-order valence-corrected chi connectivity index (χ3v) is 2.47. The maximum atomic E-state index is 11.6. The molecule has 0 aliphatic rings. The Balaban J connectivity index is 2.47. The smallest absolute Gasteiger partial charge is 0.308 e. The fourth-order valence-electron chi connectivity index (χ4n) is 1.76. The zero-order chi connectivity index (χ0) is 14.6. The number of carbonyl (C=O) groups is 1. The highest BCUT2D eigenvalue weighted by Gasteiger charge is 2.16. The van der Waals surface area contributed by atoms with Gasteiger partial charge in [0.2, 0.25) is 0 Å². The molecular formula is C14H25N3O2. The van der Waals surface area contributed by atoms with E-state index in [1.54, 1.807) is 4.68 Å². The molecule has 108 valence electrons. The molecule has 0 fully saturated rings. The molecule has 1 aromatic heterocycles. The van der Waals surface area contributed by atoms with E-state index in [1.165, 1.54) is 0 Å². The average Bonchev–Trinajstić information content (AvgIpc) is 2.57. The molecule has 1 rings (SSSR count). The summed E-state index contributed by atoms with van der Waals surface area (Å²) >= 11 is 0. The summed E-state index contributed by atoms with van der Waals surface area (Å²) in [6.07, 6.45) is 2.29. The molecule has 0 atom stereocenters. The summed E-state index contributed by atoms with van der Waals surface area (Å²) in [5.41, 5.74) is 1.59. The molecule has 5 heteroatoms. The second-order valence-electron chi connectivity index (χ2n) is 6.02. The Bertz CT molecular complexity index is 430. The molecule has 0 saturated carbocycles. The number of ether oxygens (including phenoxy) is 1. The van der Waals surface area contributed by atoms with Gasteiger partial charge in [0.1, 0.15) is 5.60 Å². The van der Waals surface area contributed by atoms with E-state index in [9.17, 15) is 4.79 Å². The van der Waals surface area contributed by atoms with E-state index >= 15 is 0 Å². The van der Waals surface area contributed by atoms with Crippen LogP contribution in [0.4, 0.5) is 5.69 Å². The van der Waals surface area contributed by atoms with Crippen LogP contribution >= 0.6 is 0 Å². The van der Waals surface area contributed by atoms with Gasteiger partial charge in [-0.25, -0.2) is 0 Å². The lowest BCUT2D eigenvalue weighted by Gasteiger charge is -2.19. The Kier molecular flexibility index (Phi) is 4.97. The molecule has 0 amide bonds. The largest absolute Gasteiger partial charge is 0.460 e. The molecule has 1 N–H and O–H groups in total. The van der Waals surface area contributed by atoms with Crippen molar-refractivity contribution in [1.29, 1.82) is 0 Å². The molecule has 1 heterocycles. The average molecular weight is 267 g/mol. The highest BCUT2D eigenvalue weighted by Crippen LogP contribution is 2.21. The van der Waals surface area contributed by atoms with Gasteiger partial charge in [0.25, 0.3) is 0 Å². The predicted octanol–water partition coefficient (Wildman–Crippen LogP) is 2.69. The SMILES string of the molecule is CC(C)c1nn(C)cc1NCCC(=O)OC(C)(C)C. The van der Waals surface area contributed by atoms with E-state index in [-0.39, 0.29) is 5.97 Å². The first kappa shape index (κ1) is 15.5. The van der Waals surface area contributed by atoms with Crippen molar-refractivity contribution in [3.8, 4) is 0 Å². The second kappa shape index (κ2) is 6.08. The monoisotopic (exact) mass is 267 g/mol. The lowest BCUT2D eigenvalue weighted by atomic mass is 10.1. The van der Waals surface area contributed by atoms with Crippen LogP contribution in [0.5, 0.6) is 0 Å². The summed E-state index contributed by atoms with van der Waals surface area (Å²) in [6, 6.07) is 0. The van der Waals surface area contributed by atoms with Gasteiger partial charge in [0.15, 0.2) is 0 Å². The van der Waals surface area contributed by atoms with Crippen LogP contribution in [0.3, 0.4) is 0 Å². The van der Waals surface area contributed by atoms with Crippen LogP contribution in [0, 0.1) is 0 Å². The first-order chi connectivity index (χ1) is 8.69. The van der Waals surface area contributed by atoms with Crippen molar-refractivity contribution in [2.24, 2.45) is 7.05 Å². The summed E-state index contributed by atoms with van der Waals surface area (Å²) in [6.45, 7) is 10.4. The fraction of sp³-hybridized carbons (Fsp3) is 0.714. The van der Waals surface area contributed by atoms with Crippen LogP contribution in [0.2, 0.25) is 0 Å². The highest BCUT2D eigenvalue weighted by molar-refractivity contribution is 5.70. The lowest BCUT2D eigenvalue weighted by Crippen LogP contribution is -2.25. The van der Waals surface area contributed by atoms with Crippen LogP contribution in [-0.2, 0) is 16.6 Å². The minimum atomic E-state index is -0.422. The fourth-order valence-corrected chi connectivity index (χ4v) is 1.76. The van der Waals surface area contributed by atoms with Gasteiger partial charge in [0.05, 0.1) is 17.8 Å². The Morgan fingerprint density at radius 1 is 1.47 bits per heavy atom. The van der Waals surface area contributed by atoms with E-state index in [2.05, 4.69) is 24.3 Å². The molecule has 1 aromatic rings. The van der Waals surface area contributed by atoms with E-state index in [1.807, 2.05) is 34.0 Å². The Hall–Kier alpha value is -1.52. The third kappa shape index (κ3) is 5.32. The lowest BCUT2D eigenvalue weighted by molar-refractivity contribution is -0.154. The zero-order valence-electron chi connectivity index (χ0n) is 12.8. The predicted molar refractivity (Wildman–Crippen MR) is 76.2 cm³/mol. The molecule has 0 aliphatic carbocycles. The molecule has 0 aromatic carbocycles.